The van der Waals surface area contributed by atoms with Gasteiger partial charge in [-0.05, 0) is 44.0 Å². The number of hydrogen-bond acceptors (Lipinski definition) is 2. The first-order valence-electron chi connectivity index (χ1n) is 7.30. The molecular weight excluding hydrogens is 220 g/mol. The maximum atomic E-state index is 5.81. The minimum absolute atomic E-state index is 0.800. The van der Waals surface area contributed by atoms with Crippen LogP contribution in [-0.4, -0.2) is 24.5 Å². The summed E-state index contributed by atoms with van der Waals surface area (Å²) in [5.41, 5.74) is 8.05. The molecule has 2 N–H and O–H groups in total. The van der Waals surface area contributed by atoms with Gasteiger partial charge >= 0.3 is 0 Å². The number of nitrogen functional groups attached to an aromatic ring is 1. The summed E-state index contributed by atoms with van der Waals surface area (Å²) in [5.74, 6) is 0. The Hall–Kier alpha value is -1.02. The van der Waals surface area contributed by atoms with E-state index in [2.05, 4.69) is 30.1 Å². The molecule has 0 amide bonds. The quantitative estimate of drug-likeness (QED) is 0.651. The summed E-state index contributed by atoms with van der Waals surface area (Å²) < 4.78 is 0. The summed E-state index contributed by atoms with van der Waals surface area (Å²) in [5, 5.41) is 0. The van der Waals surface area contributed by atoms with Crippen molar-refractivity contribution in [2.45, 2.75) is 51.0 Å². The average Bonchev–Trinajstić information content (AvgIpc) is 2.65. The fourth-order valence-electron chi connectivity index (χ4n) is 2.94. The van der Waals surface area contributed by atoms with E-state index < -0.39 is 0 Å². The SMILES string of the molecule is CN(CCc1cccc(N)c1)C1CCCCCC1. The van der Waals surface area contributed by atoms with Crippen LogP contribution in [0.4, 0.5) is 5.69 Å². The topological polar surface area (TPSA) is 29.3 Å². The number of benzene rings is 1. The van der Waals surface area contributed by atoms with Crippen LogP contribution >= 0.6 is 0 Å². The van der Waals surface area contributed by atoms with Crippen LogP contribution in [0.25, 0.3) is 0 Å². The lowest BCUT2D eigenvalue weighted by atomic mass is 10.1. The third-order valence-electron chi connectivity index (χ3n) is 4.15. The van der Waals surface area contributed by atoms with Crippen molar-refractivity contribution < 1.29 is 0 Å². The van der Waals surface area contributed by atoms with Gasteiger partial charge in [-0.3, -0.25) is 0 Å². The smallest absolute Gasteiger partial charge is 0.0316 e. The Balaban J connectivity index is 1.81. The maximum absolute atomic E-state index is 5.81. The zero-order valence-corrected chi connectivity index (χ0v) is 11.6. The Morgan fingerprint density at radius 3 is 2.56 bits per heavy atom. The van der Waals surface area contributed by atoms with Gasteiger partial charge in [0.05, 0.1) is 0 Å². The predicted octanol–water partition coefficient (Wildman–Crippen LogP) is 3.47. The molecule has 2 heteroatoms. The number of anilines is 1. The van der Waals surface area contributed by atoms with Crippen molar-refractivity contribution in [3.8, 4) is 0 Å². The Kier molecular flexibility index (Phi) is 5.06. The second-order valence-corrected chi connectivity index (χ2v) is 5.62. The van der Waals surface area contributed by atoms with Gasteiger partial charge in [0, 0.05) is 18.3 Å². The number of rotatable bonds is 4. The predicted molar refractivity (Wildman–Crippen MR) is 78.7 cm³/mol. The van der Waals surface area contributed by atoms with Gasteiger partial charge in [-0.1, -0.05) is 37.8 Å². The summed E-state index contributed by atoms with van der Waals surface area (Å²) in [6.45, 7) is 1.15. The van der Waals surface area contributed by atoms with Crippen LogP contribution < -0.4 is 5.73 Å². The molecule has 0 saturated heterocycles. The molecule has 0 spiro atoms. The van der Waals surface area contributed by atoms with E-state index in [1.165, 1.54) is 44.1 Å². The lowest BCUT2D eigenvalue weighted by Crippen LogP contribution is -2.32. The van der Waals surface area contributed by atoms with Gasteiger partial charge in [0.2, 0.25) is 0 Å². The van der Waals surface area contributed by atoms with E-state index in [9.17, 15) is 0 Å². The van der Waals surface area contributed by atoms with Crippen molar-refractivity contribution in [2.24, 2.45) is 0 Å². The number of likely N-dealkylation sites (N-methyl/N-ethyl adjacent to an activating group) is 1. The summed E-state index contributed by atoms with van der Waals surface area (Å²) in [7, 11) is 2.28. The molecule has 2 nitrogen and oxygen atoms in total. The van der Waals surface area contributed by atoms with E-state index in [0.29, 0.717) is 0 Å². The fraction of sp³-hybridized carbons (Fsp3) is 0.625. The van der Waals surface area contributed by atoms with Crippen molar-refractivity contribution in [3.63, 3.8) is 0 Å². The van der Waals surface area contributed by atoms with Crippen LogP contribution in [0.2, 0.25) is 0 Å². The third kappa shape index (κ3) is 4.02. The molecule has 0 unspecified atom stereocenters. The van der Waals surface area contributed by atoms with Crippen LogP contribution in [-0.2, 0) is 6.42 Å². The van der Waals surface area contributed by atoms with Crippen LogP contribution in [0.3, 0.4) is 0 Å². The molecule has 100 valence electrons. The van der Waals surface area contributed by atoms with Gasteiger partial charge in [-0.15, -0.1) is 0 Å². The van der Waals surface area contributed by atoms with E-state index in [1.54, 1.807) is 0 Å². The largest absolute Gasteiger partial charge is 0.399 e. The first-order chi connectivity index (χ1) is 8.75. The van der Waals surface area contributed by atoms with Crippen molar-refractivity contribution in [3.05, 3.63) is 29.8 Å². The normalized spacial score (nSPS) is 17.9. The highest BCUT2D eigenvalue weighted by Crippen LogP contribution is 2.21. The van der Waals surface area contributed by atoms with E-state index >= 15 is 0 Å². The Morgan fingerprint density at radius 2 is 1.89 bits per heavy atom. The van der Waals surface area contributed by atoms with Gasteiger partial charge < -0.3 is 10.6 Å². The highest BCUT2D eigenvalue weighted by atomic mass is 15.1. The first-order valence-corrected chi connectivity index (χ1v) is 7.30. The fourth-order valence-corrected chi connectivity index (χ4v) is 2.94. The zero-order chi connectivity index (χ0) is 12.8. The zero-order valence-electron chi connectivity index (χ0n) is 11.6. The minimum atomic E-state index is 0.800. The van der Waals surface area contributed by atoms with E-state index in [1.807, 2.05) is 6.07 Å². The minimum Gasteiger partial charge on any atom is -0.399 e. The second-order valence-electron chi connectivity index (χ2n) is 5.62. The molecule has 1 aliphatic rings. The lowest BCUT2D eigenvalue weighted by Gasteiger charge is -2.27. The highest BCUT2D eigenvalue weighted by Gasteiger charge is 2.16. The number of nitrogens with two attached hydrogens (primary N) is 1. The molecule has 0 heterocycles. The molecule has 0 atom stereocenters. The van der Waals surface area contributed by atoms with Gasteiger partial charge in [0.1, 0.15) is 0 Å². The van der Waals surface area contributed by atoms with Crippen molar-refractivity contribution in [2.75, 3.05) is 19.3 Å². The molecule has 0 aliphatic heterocycles. The molecule has 18 heavy (non-hydrogen) atoms. The standard InChI is InChI=1S/C16H26N2/c1-18(16-9-4-2-3-5-10-16)12-11-14-7-6-8-15(17)13-14/h6-8,13,16H,2-5,9-12,17H2,1H3. The summed E-state index contributed by atoms with van der Waals surface area (Å²) in [4.78, 5) is 2.55. The van der Waals surface area contributed by atoms with Crippen molar-refractivity contribution in [1.29, 1.82) is 0 Å². The molecule has 1 aliphatic carbocycles. The Labute approximate surface area is 111 Å². The molecule has 1 aromatic carbocycles. The molecule has 0 aromatic heterocycles. The van der Waals surface area contributed by atoms with Gasteiger partial charge in [0.25, 0.3) is 0 Å². The number of hydrogen-bond donors (Lipinski definition) is 1. The van der Waals surface area contributed by atoms with E-state index in [4.69, 9.17) is 5.73 Å². The molecular formula is C16H26N2. The maximum Gasteiger partial charge on any atom is 0.0316 e. The Bertz CT molecular complexity index is 354. The summed E-state index contributed by atoms with van der Waals surface area (Å²) in [6, 6.07) is 9.08. The van der Waals surface area contributed by atoms with Gasteiger partial charge in [-0.2, -0.15) is 0 Å². The molecule has 1 saturated carbocycles. The van der Waals surface area contributed by atoms with Crippen LogP contribution in [0.5, 0.6) is 0 Å². The van der Waals surface area contributed by atoms with Crippen LogP contribution in [0.15, 0.2) is 24.3 Å². The van der Waals surface area contributed by atoms with Crippen LogP contribution in [0, 0.1) is 0 Å². The van der Waals surface area contributed by atoms with Gasteiger partial charge in [0.15, 0.2) is 0 Å². The lowest BCUT2D eigenvalue weighted by molar-refractivity contribution is 0.223. The first kappa shape index (κ1) is 13.4. The Morgan fingerprint density at radius 1 is 1.17 bits per heavy atom. The highest BCUT2D eigenvalue weighted by molar-refractivity contribution is 5.40. The molecule has 0 radical (unpaired) electrons. The molecule has 0 bridgehead atoms. The molecule has 1 fully saturated rings. The second kappa shape index (κ2) is 6.79. The van der Waals surface area contributed by atoms with E-state index in [0.717, 1.165) is 24.7 Å². The average molecular weight is 246 g/mol. The van der Waals surface area contributed by atoms with E-state index in [-0.39, 0.29) is 0 Å². The van der Waals surface area contributed by atoms with Crippen LogP contribution in [0.1, 0.15) is 44.1 Å². The summed E-state index contributed by atoms with van der Waals surface area (Å²) >= 11 is 0. The van der Waals surface area contributed by atoms with Crippen molar-refractivity contribution >= 4 is 5.69 Å². The number of nitrogens with zero attached hydrogens (tertiary/aromatic N) is 1. The van der Waals surface area contributed by atoms with Crippen molar-refractivity contribution in [1.82, 2.24) is 4.90 Å². The van der Waals surface area contributed by atoms with Gasteiger partial charge in [-0.25, -0.2) is 0 Å². The third-order valence-corrected chi connectivity index (χ3v) is 4.15. The monoisotopic (exact) mass is 246 g/mol. The molecule has 2 rings (SSSR count). The molecule has 1 aromatic rings. The summed E-state index contributed by atoms with van der Waals surface area (Å²) in [6.07, 6.45) is 9.55.